The lowest BCUT2D eigenvalue weighted by Crippen LogP contribution is -2.00. The molecule has 0 atom stereocenters. The molecule has 1 aromatic heterocycles. The normalized spacial score (nSPS) is 11.2. The maximum atomic E-state index is 10.3. The first-order valence-electron chi connectivity index (χ1n) is 9.94. The van der Waals surface area contributed by atoms with Gasteiger partial charge in [-0.15, -0.1) is 15.0 Å². The monoisotopic (exact) mass is 367 g/mol. The zero-order valence-electron chi connectivity index (χ0n) is 16.3. The van der Waals surface area contributed by atoms with Gasteiger partial charge in [0.25, 0.3) is 0 Å². The van der Waals surface area contributed by atoms with E-state index in [0.717, 1.165) is 23.2 Å². The van der Waals surface area contributed by atoms with Crippen molar-refractivity contribution in [3.05, 3.63) is 42.0 Å². The highest BCUT2D eigenvalue weighted by atomic mass is 16.5. The molecule has 0 aliphatic carbocycles. The summed E-state index contributed by atoms with van der Waals surface area (Å²) in [5.41, 5.74) is 3.33. The van der Waals surface area contributed by atoms with Crippen LogP contribution in [0.15, 0.2) is 36.4 Å². The molecule has 1 heterocycles. The van der Waals surface area contributed by atoms with Crippen LogP contribution in [0.4, 0.5) is 0 Å². The molecular weight excluding hydrogens is 338 g/mol. The lowest BCUT2D eigenvalue weighted by atomic mass is 10.0. The van der Waals surface area contributed by atoms with Gasteiger partial charge in [0.2, 0.25) is 0 Å². The molecule has 0 fully saturated rings. The van der Waals surface area contributed by atoms with E-state index in [1.165, 1.54) is 55.3 Å². The minimum Gasteiger partial charge on any atom is -0.506 e. The van der Waals surface area contributed by atoms with Crippen molar-refractivity contribution in [2.75, 3.05) is 7.11 Å². The standard InChI is InChI=1S/C22H29N3O2/c1-3-4-5-6-7-8-9-10-17-11-14-22(26)21(15-17)25-23-19-13-12-18(27-2)16-20(19)24-25/h11-16,26H,3-10H2,1-2H3. The van der Waals surface area contributed by atoms with Crippen molar-refractivity contribution in [2.24, 2.45) is 0 Å². The number of hydrogen-bond acceptors (Lipinski definition) is 4. The highest BCUT2D eigenvalue weighted by Crippen LogP contribution is 2.25. The Morgan fingerprint density at radius 2 is 1.63 bits per heavy atom. The number of ether oxygens (including phenoxy) is 1. The van der Waals surface area contributed by atoms with Gasteiger partial charge in [-0.1, -0.05) is 51.5 Å². The Morgan fingerprint density at radius 3 is 2.41 bits per heavy atom. The van der Waals surface area contributed by atoms with Gasteiger partial charge in [-0.2, -0.15) is 0 Å². The molecule has 2 aromatic carbocycles. The van der Waals surface area contributed by atoms with Gasteiger partial charge in [0.05, 0.1) is 7.11 Å². The molecule has 144 valence electrons. The van der Waals surface area contributed by atoms with Crippen LogP contribution in [0.25, 0.3) is 16.7 Å². The van der Waals surface area contributed by atoms with E-state index in [4.69, 9.17) is 4.74 Å². The van der Waals surface area contributed by atoms with Crippen LogP contribution < -0.4 is 4.74 Å². The second-order valence-electron chi connectivity index (χ2n) is 7.04. The first kappa shape index (κ1) is 19.2. The summed E-state index contributed by atoms with van der Waals surface area (Å²) in [5, 5.41) is 19.3. The third-order valence-corrected chi connectivity index (χ3v) is 4.91. The molecule has 0 saturated carbocycles. The smallest absolute Gasteiger partial charge is 0.143 e. The lowest BCUT2D eigenvalue weighted by molar-refractivity contribution is 0.415. The van der Waals surface area contributed by atoms with Gasteiger partial charge in [0.15, 0.2) is 0 Å². The van der Waals surface area contributed by atoms with E-state index in [1.807, 2.05) is 30.3 Å². The zero-order chi connectivity index (χ0) is 19.1. The Labute approximate surface area is 161 Å². The van der Waals surface area contributed by atoms with E-state index in [1.54, 1.807) is 13.2 Å². The fourth-order valence-electron chi connectivity index (χ4n) is 3.30. The average Bonchev–Trinajstić information content (AvgIpc) is 3.11. The van der Waals surface area contributed by atoms with Crippen molar-refractivity contribution in [3.63, 3.8) is 0 Å². The molecule has 5 heteroatoms. The predicted octanol–water partition coefficient (Wildman–Crippen LogP) is 5.43. The lowest BCUT2D eigenvalue weighted by Gasteiger charge is -2.07. The second kappa shape index (κ2) is 9.40. The SMILES string of the molecule is CCCCCCCCCc1ccc(O)c(-n2nc3ccc(OC)cc3n2)c1. The molecule has 0 bridgehead atoms. The minimum atomic E-state index is 0.186. The van der Waals surface area contributed by atoms with Gasteiger partial charge in [-0.05, 0) is 42.7 Å². The summed E-state index contributed by atoms with van der Waals surface area (Å²) in [4.78, 5) is 1.51. The van der Waals surface area contributed by atoms with Crippen molar-refractivity contribution < 1.29 is 9.84 Å². The summed E-state index contributed by atoms with van der Waals surface area (Å²) in [6, 6.07) is 11.3. The number of benzene rings is 2. The van der Waals surface area contributed by atoms with E-state index in [9.17, 15) is 5.11 Å². The third-order valence-electron chi connectivity index (χ3n) is 4.91. The van der Waals surface area contributed by atoms with E-state index < -0.39 is 0 Å². The van der Waals surface area contributed by atoms with Gasteiger partial charge < -0.3 is 9.84 Å². The number of aryl methyl sites for hydroxylation is 1. The number of aromatic nitrogens is 3. The number of rotatable bonds is 10. The molecule has 3 rings (SSSR count). The van der Waals surface area contributed by atoms with Crippen LogP contribution in [0.2, 0.25) is 0 Å². The van der Waals surface area contributed by atoms with E-state index >= 15 is 0 Å². The Hall–Kier alpha value is -2.56. The number of aromatic hydroxyl groups is 1. The molecule has 27 heavy (non-hydrogen) atoms. The fraction of sp³-hybridized carbons (Fsp3) is 0.455. The van der Waals surface area contributed by atoms with Crippen molar-refractivity contribution in [1.82, 2.24) is 15.0 Å². The predicted molar refractivity (Wildman–Crippen MR) is 109 cm³/mol. The number of phenolic OH excluding ortho intramolecular Hbond substituents is 1. The van der Waals surface area contributed by atoms with E-state index in [-0.39, 0.29) is 5.75 Å². The first-order chi connectivity index (χ1) is 13.2. The molecular formula is C22H29N3O2. The Morgan fingerprint density at radius 1 is 0.889 bits per heavy atom. The molecule has 0 aliphatic heterocycles. The summed E-state index contributed by atoms with van der Waals surface area (Å²) in [7, 11) is 1.63. The number of unbranched alkanes of at least 4 members (excludes halogenated alkanes) is 6. The van der Waals surface area contributed by atoms with Crippen LogP contribution in [0.5, 0.6) is 11.5 Å². The summed E-state index contributed by atoms with van der Waals surface area (Å²) in [6.07, 6.45) is 10.1. The largest absolute Gasteiger partial charge is 0.506 e. The molecule has 5 nitrogen and oxygen atoms in total. The van der Waals surface area contributed by atoms with Crippen LogP contribution in [0, 0.1) is 0 Å². The maximum Gasteiger partial charge on any atom is 0.143 e. The second-order valence-corrected chi connectivity index (χ2v) is 7.04. The molecule has 3 aromatic rings. The number of methoxy groups -OCH3 is 1. The summed E-state index contributed by atoms with van der Waals surface area (Å²) in [6.45, 7) is 2.25. The van der Waals surface area contributed by atoms with Crippen LogP contribution in [0.3, 0.4) is 0 Å². The van der Waals surface area contributed by atoms with Crippen LogP contribution in [-0.4, -0.2) is 27.2 Å². The minimum absolute atomic E-state index is 0.186. The topological polar surface area (TPSA) is 60.2 Å². The van der Waals surface area contributed by atoms with Crippen molar-refractivity contribution in [2.45, 2.75) is 58.3 Å². The molecule has 1 N–H and O–H groups in total. The number of phenols is 1. The van der Waals surface area contributed by atoms with Gasteiger partial charge in [0.1, 0.15) is 28.2 Å². The van der Waals surface area contributed by atoms with Gasteiger partial charge in [-0.25, -0.2) is 0 Å². The average molecular weight is 367 g/mol. The molecule has 0 amide bonds. The summed E-state index contributed by atoms with van der Waals surface area (Å²) >= 11 is 0. The van der Waals surface area contributed by atoms with Crippen LogP contribution >= 0.6 is 0 Å². The quantitative estimate of drug-likeness (QED) is 0.486. The maximum absolute atomic E-state index is 10.3. The third kappa shape index (κ3) is 5.00. The highest BCUT2D eigenvalue weighted by Gasteiger charge is 2.10. The summed E-state index contributed by atoms with van der Waals surface area (Å²) in [5.74, 6) is 0.928. The Kier molecular flexibility index (Phi) is 6.69. The molecule has 0 spiro atoms. The molecule has 0 saturated heterocycles. The fourth-order valence-corrected chi connectivity index (χ4v) is 3.30. The number of nitrogens with zero attached hydrogens (tertiary/aromatic N) is 3. The van der Waals surface area contributed by atoms with Gasteiger partial charge >= 0.3 is 0 Å². The van der Waals surface area contributed by atoms with E-state index in [2.05, 4.69) is 17.1 Å². The summed E-state index contributed by atoms with van der Waals surface area (Å²) < 4.78 is 5.24. The zero-order valence-corrected chi connectivity index (χ0v) is 16.3. The highest BCUT2D eigenvalue weighted by molar-refractivity contribution is 5.75. The van der Waals surface area contributed by atoms with Crippen LogP contribution in [0.1, 0.15) is 57.4 Å². The van der Waals surface area contributed by atoms with Crippen molar-refractivity contribution in [3.8, 4) is 17.2 Å². The first-order valence-corrected chi connectivity index (χ1v) is 9.94. The van der Waals surface area contributed by atoms with E-state index in [0.29, 0.717) is 5.69 Å². The molecule has 0 unspecified atom stereocenters. The number of hydrogen-bond donors (Lipinski definition) is 1. The molecule has 0 aliphatic rings. The van der Waals surface area contributed by atoms with Gasteiger partial charge in [-0.3, -0.25) is 0 Å². The molecule has 0 radical (unpaired) electrons. The van der Waals surface area contributed by atoms with Crippen molar-refractivity contribution in [1.29, 1.82) is 0 Å². The van der Waals surface area contributed by atoms with Crippen molar-refractivity contribution >= 4 is 11.0 Å². The van der Waals surface area contributed by atoms with Crippen LogP contribution in [-0.2, 0) is 6.42 Å². The Bertz CT molecular complexity index is 873. The number of fused-ring (bicyclic) bond motifs is 1. The Balaban J connectivity index is 1.66. The van der Waals surface area contributed by atoms with Gasteiger partial charge in [0, 0.05) is 6.07 Å².